The standard InChI is InChI=1S/C25H36O2/c1-3-4-5-6-7-8-9-10-11-20-25(2,21-12-16-23(26)17-13-21)22-14-18-24(27)19-15-22/h12-19,26-27H,3-11,20H2,1-2H3. The van der Waals surface area contributed by atoms with Crippen molar-refractivity contribution in [1.82, 2.24) is 0 Å². The fourth-order valence-corrected chi connectivity index (χ4v) is 3.90. The molecule has 0 fully saturated rings. The number of unbranched alkanes of at least 4 members (excludes halogenated alkanes) is 8. The van der Waals surface area contributed by atoms with Crippen molar-refractivity contribution >= 4 is 0 Å². The van der Waals surface area contributed by atoms with Crippen LogP contribution in [0.3, 0.4) is 0 Å². The summed E-state index contributed by atoms with van der Waals surface area (Å²) in [7, 11) is 0. The number of benzene rings is 2. The molecule has 27 heavy (non-hydrogen) atoms. The van der Waals surface area contributed by atoms with Crippen LogP contribution in [-0.4, -0.2) is 10.2 Å². The van der Waals surface area contributed by atoms with E-state index in [0.29, 0.717) is 11.5 Å². The smallest absolute Gasteiger partial charge is 0.115 e. The number of rotatable bonds is 12. The Morgan fingerprint density at radius 3 is 1.37 bits per heavy atom. The molecule has 0 aliphatic carbocycles. The lowest BCUT2D eigenvalue weighted by Gasteiger charge is -2.31. The van der Waals surface area contributed by atoms with E-state index in [-0.39, 0.29) is 5.41 Å². The summed E-state index contributed by atoms with van der Waals surface area (Å²) in [6, 6.07) is 15.2. The molecule has 0 amide bonds. The van der Waals surface area contributed by atoms with E-state index in [2.05, 4.69) is 13.8 Å². The third kappa shape index (κ3) is 6.61. The second kappa shape index (κ2) is 11.0. The Kier molecular flexibility index (Phi) is 8.71. The van der Waals surface area contributed by atoms with Gasteiger partial charge in [-0.05, 0) is 41.8 Å². The highest BCUT2D eigenvalue weighted by Gasteiger charge is 2.28. The second-order valence-electron chi connectivity index (χ2n) is 8.00. The van der Waals surface area contributed by atoms with Crippen LogP contribution in [0.2, 0.25) is 0 Å². The normalized spacial score (nSPS) is 11.6. The molecule has 2 aromatic carbocycles. The molecule has 0 aliphatic heterocycles. The van der Waals surface area contributed by atoms with Gasteiger partial charge in [0.1, 0.15) is 11.5 Å². The van der Waals surface area contributed by atoms with E-state index < -0.39 is 0 Å². The minimum absolute atomic E-state index is 0.109. The van der Waals surface area contributed by atoms with Crippen LogP contribution in [0.1, 0.15) is 89.2 Å². The van der Waals surface area contributed by atoms with Crippen LogP contribution in [0.5, 0.6) is 11.5 Å². The predicted octanol–water partition coefficient (Wildman–Crippen LogP) is 7.32. The number of hydrogen-bond acceptors (Lipinski definition) is 2. The van der Waals surface area contributed by atoms with Crippen LogP contribution in [0.25, 0.3) is 0 Å². The zero-order valence-corrected chi connectivity index (χ0v) is 17.1. The first-order valence-electron chi connectivity index (χ1n) is 10.7. The van der Waals surface area contributed by atoms with Gasteiger partial charge in [-0.2, -0.15) is 0 Å². The highest BCUT2D eigenvalue weighted by molar-refractivity contribution is 5.42. The molecule has 0 atom stereocenters. The lowest BCUT2D eigenvalue weighted by molar-refractivity contribution is 0.459. The summed E-state index contributed by atoms with van der Waals surface area (Å²) in [5, 5.41) is 19.3. The fourth-order valence-electron chi connectivity index (χ4n) is 3.90. The number of hydrogen-bond donors (Lipinski definition) is 2. The van der Waals surface area contributed by atoms with Crippen molar-refractivity contribution < 1.29 is 10.2 Å². The Morgan fingerprint density at radius 2 is 0.963 bits per heavy atom. The lowest BCUT2D eigenvalue weighted by Crippen LogP contribution is -2.23. The molecule has 0 aliphatic rings. The van der Waals surface area contributed by atoms with E-state index in [1.807, 2.05) is 24.3 Å². The van der Waals surface area contributed by atoms with E-state index in [9.17, 15) is 10.2 Å². The molecule has 0 unspecified atom stereocenters. The first-order chi connectivity index (χ1) is 13.1. The minimum Gasteiger partial charge on any atom is -0.508 e. The van der Waals surface area contributed by atoms with E-state index in [0.717, 1.165) is 6.42 Å². The highest BCUT2D eigenvalue weighted by Crippen LogP contribution is 2.38. The van der Waals surface area contributed by atoms with Crippen LogP contribution in [0.4, 0.5) is 0 Å². The Hall–Kier alpha value is -1.96. The molecule has 0 saturated heterocycles. The topological polar surface area (TPSA) is 40.5 Å². The van der Waals surface area contributed by atoms with E-state index in [4.69, 9.17) is 0 Å². The maximum atomic E-state index is 9.65. The summed E-state index contributed by atoms with van der Waals surface area (Å²) >= 11 is 0. The van der Waals surface area contributed by atoms with Gasteiger partial charge in [-0.15, -0.1) is 0 Å². The summed E-state index contributed by atoms with van der Waals surface area (Å²) in [5.74, 6) is 0.602. The van der Waals surface area contributed by atoms with E-state index >= 15 is 0 Å². The first kappa shape index (κ1) is 21.3. The summed E-state index contributed by atoms with van der Waals surface area (Å²) in [6.45, 7) is 4.54. The SMILES string of the molecule is CCCCCCCCCCCC(C)(c1ccc(O)cc1)c1ccc(O)cc1. The van der Waals surface area contributed by atoms with Crippen molar-refractivity contribution in [2.45, 2.75) is 83.5 Å². The summed E-state index contributed by atoms with van der Waals surface area (Å²) in [4.78, 5) is 0. The van der Waals surface area contributed by atoms with Gasteiger partial charge < -0.3 is 10.2 Å². The van der Waals surface area contributed by atoms with Crippen molar-refractivity contribution in [3.63, 3.8) is 0 Å². The van der Waals surface area contributed by atoms with Gasteiger partial charge in [0, 0.05) is 5.41 Å². The van der Waals surface area contributed by atoms with Crippen LogP contribution in [0.15, 0.2) is 48.5 Å². The fraction of sp³-hybridized carbons (Fsp3) is 0.520. The number of phenolic OH excluding ortho intramolecular Hbond substituents is 2. The maximum Gasteiger partial charge on any atom is 0.115 e. The average Bonchev–Trinajstić information content (AvgIpc) is 2.67. The van der Waals surface area contributed by atoms with Gasteiger partial charge in [-0.3, -0.25) is 0 Å². The van der Waals surface area contributed by atoms with Crippen LogP contribution in [0, 0.1) is 0 Å². The zero-order valence-electron chi connectivity index (χ0n) is 17.1. The summed E-state index contributed by atoms with van der Waals surface area (Å²) in [5.41, 5.74) is 2.32. The molecule has 0 heterocycles. The molecule has 0 aromatic heterocycles. The average molecular weight is 369 g/mol. The molecule has 0 bridgehead atoms. The van der Waals surface area contributed by atoms with Gasteiger partial charge in [0.25, 0.3) is 0 Å². The van der Waals surface area contributed by atoms with Crippen molar-refractivity contribution in [1.29, 1.82) is 0 Å². The molecule has 0 radical (unpaired) electrons. The molecule has 2 N–H and O–H groups in total. The Morgan fingerprint density at radius 1 is 0.593 bits per heavy atom. The van der Waals surface area contributed by atoms with Gasteiger partial charge in [0.15, 0.2) is 0 Å². The monoisotopic (exact) mass is 368 g/mol. The largest absolute Gasteiger partial charge is 0.508 e. The zero-order chi connectivity index (χ0) is 19.5. The molecule has 2 rings (SSSR count). The van der Waals surface area contributed by atoms with Gasteiger partial charge in [0.2, 0.25) is 0 Å². The first-order valence-corrected chi connectivity index (χ1v) is 10.7. The summed E-state index contributed by atoms with van der Waals surface area (Å²) < 4.78 is 0. The van der Waals surface area contributed by atoms with Crippen LogP contribution in [-0.2, 0) is 5.41 Å². The highest BCUT2D eigenvalue weighted by atomic mass is 16.3. The minimum atomic E-state index is -0.109. The van der Waals surface area contributed by atoms with Crippen molar-refractivity contribution in [3.05, 3.63) is 59.7 Å². The third-order valence-electron chi connectivity index (χ3n) is 5.79. The van der Waals surface area contributed by atoms with E-state index in [1.54, 1.807) is 24.3 Å². The number of aromatic hydroxyl groups is 2. The van der Waals surface area contributed by atoms with Crippen LogP contribution < -0.4 is 0 Å². The quantitative estimate of drug-likeness (QED) is 0.385. The van der Waals surface area contributed by atoms with Gasteiger partial charge in [-0.25, -0.2) is 0 Å². The third-order valence-corrected chi connectivity index (χ3v) is 5.79. The number of phenols is 2. The molecule has 148 valence electrons. The van der Waals surface area contributed by atoms with E-state index in [1.165, 1.54) is 68.9 Å². The Bertz CT molecular complexity index is 598. The molecular weight excluding hydrogens is 332 g/mol. The molecule has 0 spiro atoms. The molecular formula is C25H36O2. The van der Waals surface area contributed by atoms with Gasteiger partial charge in [-0.1, -0.05) is 95.9 Å². The molecule has 2 heteroatoms. The Labute approximate surface area is 165 Å². The van der Waals surface area contributed by atoms with Gasteiger partial charge >= 0.3 is 0 Å². The molecule has 2 nitrogen and oxygen atoms in total. The summed E-state index contributed by atoms with van der Waals surface area (Å²) in [6.07, 6.45) is 13.0. The van der Waals surface area contributed by atoms with Crippen molar-refractivity contribution in [3.8, 4) is 11.5 Å². The second-order valence-corrected chi connectivity index (χ2v) is 8.00. The maximum absolute atomic E-state index is 9.65. The molecule has 2 aromatic rings. The predicted molar refractivity (Wildman–Crippen MR) is 115 cm³/mol. The van der Waals surface area contributed by atoms with Crippen molar-refractivity contribution in [2.75, 3.05) is 0 Å². The Balaban J connectivity index is 1.93. The van der Waals surface area contributed by atoms with Crippen molar-refractivity contribution in [2.24, 2.45) is 0 Å². The van der Waals surface area contributed by atoms with Crippen LogP contribution >= 0.6 is 0 Å². The lowest BCUT2D eigenvalue weighted by atomic mass is 9.72. The van der Waals surface area contributed by atoms with Gasteiger partial charge in [0.05, 0.1) is 0 Å². The molecule has 0 saturated carbocycles.